The highest BCUT2D eigenvalue weighted by molar-refractivity contribution is 6.01. The molecule has 0 saturated carbocycles. The highest BCUT2D eigenvalue weighted by atomic mass is 16.4. The monoisotopic (exact) mass is 426 g/mol. The Hall–Kier alpha value is -3.80. The van der Waals surface area contributed by atoms with Crippen molar-refractivity contribution in [1.82, 2.24) is 4.90 Å². The Morgan fingerprint density at radius 3 is 2.00 bits per heavy atom. The zero-order chi connectivity index (χ0) is 21.9. The van der Waals surface area contributed by atoms with Crippen LogP contribution < -0.4 is 9.80 Å². The van der Waals surface area contributed by atoms with Crippen LogP contribution >= 0.6 is 0 Å². The van der Waals surface area contributed by atoms with E-state index in [4.69, 9.17) is 4.99 Å². The lowest BCUT2D eigenvalue weighted by Crippen LogP contribution is -2.55. The second-order valence-electron chi connectivity index (χ2n) is 8.10. The molecular weight excluding hydrogens is 400 g/mol. The third-order valence-electron chi connectivity index (χ3n) is 6.13. The fourth-order valence-electron chi connectivity index (χ4n) is 4.59. The van der Waals surface area contributed by atoms with Crippen molar-refractivity contribution in [3.63, 3.8) is 0 Å². The summed E-state index contributed by atoms with van der Waals surface area (Å²) >= 11 is 0. The van der Waals surface area contributed by atoms with E-state index in [0.717, 1.165) is 49.1 Å². The molecule has 2 aliphatic rings. The minimum absolute atomic E-state index is 0.00884. The molecule has 3 aromatic carbocycles. The number of carbonyl (C=O) groups is 1. The molecule has 3 aromatic rings. The van der Waals surface area contributed by atoms with Gasteiger partial charge in [0.25, 0.3) is 0 Å². The van der Waals surface area contributed by atoms with Crippen LogP contribution in [0.25, 0.3) is 0 Å². The number of carboxylic acids is 1. The summed E-state index contributed by atoms with van der Waals surface area (Å²) < 4.78 is 0. The van der Waals surface area contributed by atoms with Gasteiger partial charge in [0.1, 0.15) is 0 Å². The van der Waals surface area contributed by atoms with Crippen molar-refractivity contribution in [3.8, 4) is 0 Å². The van der Waals surface area contributed by atoms with E-state index in [1.165, 1.54) is 5.69 Å². The molecule has 0 bridgehead atoms. The van der Waals surface area contributed by atoms with E-state index >= 15 is 0 Å². The maximum atomic E-state index is 11.9. The minimum Gasteiger partial charge on any atom is -0.481 e. The van der Waals surface area contributed by atoms with E-state index in [-0.39, 0.29) is 12.5 Å². The number of guanidine groups is 1. The average Bonchev–Trinajstić information content (AvgIpc) is 2.85. The molecule has 2 aliphatic heterocycles. The van der Waals surface area contributed by atoms with Gasteiger partial charge in [-0.1, -0.05) is 54.6 Å². The summed E-state index contributed by atoms with van der Waals surface area (Å²) in [5, 5.41) is 9.73. The predicted molar refractivity (Wildman–Crippen MR) is 128 cm³/mol. The molecule has 0 amide bonds. The number of hydrogen-bond donors (Lipinski definition) is 1. The summed E-state index contributed by atoms with van der Waals surface area (Å²) in [4.78, 5) is 23.7. The van der Waals surface area contributed by atoms with Crippen LogP contribution in [-0.2, 0) is 4.79 Å². The molecule has 0 aliphatic carbocycles. The standard InChI is InChI=1S/C26H26N4O2/c31-25(32)19-24-22-13-7-8-14-23(22)27-26(30(24)21-11-5-2-6-12-21)29-17-15-28(16-18-29)20-9-3-1-4-10-20/h1-14,24H,15-19H2,(H,31,32). The van der Waals surface area contributed by atoms with Crippen molar-refractivity contribution in [2.75, 3.05) is 36.0 Å². The first-order valence-electron chi connectivity index (χ1n) is 11.0. The number of hydrogen-bond acceptors (Lipinski definition) is 5. The van der Waals surface area contributed by atoms with Crippen molar-refractivity contribution < 1.29 is 9.90 Å². The Morgan fingerprint density at radius 2 is 1.34 bits per heavy atom. The number of benzene rings is 3. The number of piperazine rings is 1. The molecule has 0 spiro atoms. The van der Waals surface area contributed by atoms with Crippen LogP contribution in [0.15, 0.2) is 89.9 Å². The summed E-state index contributed by atoms with van der Waals surface area (Å²) in [6, 6.07) is 28.0. The number of anilines is 2. The van der Waals surface area contributed by atoms with Crippen molar-refractivity contribution in [2.45, 2.75) is 12.5 Å². The first-order chi connectivity index (χ1) is 15.7. The van der Waals surface area contributed by atoms with Gasteiger partial charge >= 0.3 is 5.97 Å². The predicted octanol–water partition coefficient (Wildman–Crippen LogP) is 4.53. The smallest absolute Gasteiger partial charge is 0.305 e. The molecule has 162 valence electrons. The second kappa shape index (κ2) is 8.75. The summed E-state index contributed by atoms with van der Waals surface area (Å²) in [6.45, 7) is 3.41. The highest BCUT2D eigenvalue weighted by Gasteiger charge is 2.36. The molecule has 6 nitrogen and oxygen atoms in total. The number of para-hydroxylation sites is 3. The highest BCUT2D eigenvalue weighted by Crippen LogP contribution is 2.40. The average molecular weight is 427 g/mol. The van der Waals surface area contributed by atoms with E-state index in [1.54, 1.807) is 0 Å². The van der Waals surface area contributed by atoms with Crippen LogP contribution in [0.3, 0.4) is 0 Å². The van der Waals surface area contributed by atoms with E-state index in [1.807, 2.05) is 60.7 Å². The normalized spacial score (nSPS) is 18.2. The van der Waals surface area contributed by atoms with Crippen LogP contribution in [0, 0.1) is 0 Å². The Morgan fingerprint density at radius 1 is 0.781 bits per heavy atom. The summed E-state index contributed by atoms with van der Waals surface area (Å²) in [5.41, 5.74) is 3.99. The largest absolute Gasteiger partial charge is 0.481 e. The molecule has 6 heteroatoms. The Balaban J connectivity index is 1.50. The van der Waals surface area contributed by atoms with Gasteiger partial charge in [0.15, 0.2) is 0 Å². The van der Waals surface area contributed by atoms with Crippen molar-refractivity contribution in [2.24, 2.45) is 4.99 Å². The van der Waals surface area contributed by atoms with Crippen molar-refractivity contribution in [3.05, 3.63) is 90.5 Å². The summed E-state index contributed by atoms with van der Waals surface area (Å²) in [7, 11) is 0. The second-order valence-corrected chi connectivity index (χ2v) is 8.10. The lowest BCUT2D eigenvalue weighted by molar-refractivity contribution is -0.137. The van der Waals surface area contributed by atoms with Gasteiger partial charge in [0.05, 0.1) is 18.2 Å². The molecule has 1 unspecified atom stereocenters. The SMILES string of the molecule is O=C(O)CC1c2ccccc2N=C(N2CCN(c3ccccc3)CC2)N1c1ccccc1. The Labute approximate surface area is 188 Å². The molecule has 5 rings (SSSR count). The third-order valence-corrected chi connectivity index (χ3v) is 6.13. The van der Waals surface area contributed by atoms with Gasteiger partial charge in [-0.05, 0) is 30.3 Å². The first kappa shape index (κ1) is 20.1. The van der Waals surface area contributed by atoms with Crippen LogP contribution in [0.1, 0.15) is 18.0 Å². The zero-order valence-corrected chi connectivity index (χ0v) is 17.8. The fourth-order valence-corrected chi connectivity index (χ4v) is 4.59. The molecule has 1 fully saturated rings. The molecule has 1 N–H and O–H groups in total. The van der Waals surface area contributed by atoms with Crippen LogP contribution in [0.4, 0.5) is 17.1 Å². The lowest BCUT2D eigenvalue weighted by atomic mass is 9.97. The molecule has 2 heterocycles. The van der Waals surface area contributed by atoms with E-state index in [2.05, 4.69) is 39.0 Å². The zero-order valence-electron chi connectivity index (χ0n) is 17.8. The molecule has 0 radical (unpaired) electrons. The third kappa shape index (κ3) is 3.91. The Kier molecular flexibility index (Phi) is 5.50. The maximum absolute atomic E-state index is 11.9. The first-order valence-corrected chi connectivity index (χ1v) is 11.0. The van der Waals surface area contributed by atoms with Gasteiger partial charge in [-0.3, -0.25) is 4.79 Å². The van der Waals surface area contributed by atoms with Crippen LogP contribution in [0.2, 0.25) is 0 Å². The molecule has 1 saturated heterocycles. The van der Waals surface area contributed by atoms with Crippen molar-refractivity contribution >= 4 is 29.0 Å². The molecule has 32 heavy (non-hydrogen) atoms. The van der Waals surface area contributed by atoms with Gasteiger partial charge in [0, 0.05) is 43.1 Å². The van der Waals surface area contributed by atoms with Crippen LogP contribution in [0.5, 0.6) is 0 Å². The van der Waals surface area contributed by atoms with Gasteiger partial charge in [-0.15, -0.1) is 0 Å². The number of fused-ring (bicyclic) bond motifs is 1. The number of nitrogens with zero attached hydrogens (tertiary/aromatic N) is 4. The molecule has 0 aromatic heterocycles. The number of carboxylic acid groups (broad SMARTS) is 1. The topological polar surface area (TPSA) is 59.4 Å². The number of rotatable bonds is 4. The molecule has 1 atom stereocenters. The van der Waals surface area contributed by atoms with Gasteiger partial charge < -0.3 is 19.8 Å². The van der Waals surface area contributed by atoms with Gasteiger partial charge in [0.2, 0.25) is 5.96 Å². The quantitative estimate of drug-likeness (QED) is 0.664. The van der Waals surface area contributed by atoms with E-state index in [9.17, 15) is 9.90 Å². The van der Waals surface area contributed by atoms with E-state index < -0.39 is 5.97 Å². The minimum atomic E-state index is -0.819. The van der Waals surface area contributed by atoms with Gasteiger partial charge in [-0.25, -0.2) is 4.99 Å². The Bertz CT molecular complexity index is 1110. The van der Waals surface area contributed by atoms with Crippen molar-refractivity contribution in [1.29, 1.82) is 0 Å². The van der Waals surface area contributed by atoms with Gasteiger partial charge in [-0.2, -0.15) is 0 Å². The molecular formula is C26H26N4O2. The number of aliphatic carboxylic acids is 1. The van der Waals surface area contributed by atoms with E-state index in [0.29, 0.717) is 0 Å². The fraction of sp³-hybridized carbons (Fsp3) is 0.231. The van der Waals surface area contributed by atoms with Crippen LogP contribution in [-0.4, -0.2) is 48.1 Å². The number of aliphatic imine (C=N–C) groups is 1. The maximum Gasteiger partial charge on any atom is 0.305 e. The summed E-state index contributed by atoms with van der Waals surface area (Å²) in [5.74, 6) is 0.00902. The lowest BCUT2D eigenvalue weighted by Gasteiger charge is -2.45. The summed E-state index contributed by atoms with van der Waals surface area (Å²) in [6.07, 6.45) is 0.00884.